The topological polar surface area (TPSA) is 77.0 Å². The summed E-state index contributed by atoms with van der Waals surface area (Å²) in [5.41, 5.74) is -4.18. The zero-order chi connectivity index (χ0) is 26.0. The van der Waals surface area contributed by atoms with Crippen LogP contribution in [0.15, 0.2) is 18.5 Å². The normalized spacial score (nSPS) is 16.5. The number of carbonyl (C=O) groups excluding carboxylic acids is 1. The number of carbonyl (C=O) groups is 1. The smallest absolute Gasteiger partial charge is 0.413 e. The summed E-state index contributed by atoms with van der Waals surface area (Å²) in [5.74, 6) is -3.34. The number of hydrogen-bond donors (Lipinski definition) is 1. The van der Waals surface area contributed by atoms with Gasteiger partial charge in [-0.2, -0.15) is 8.78 Å². The lowest BCUT2D eigenvalue weighted by Crippen LogP contribution is -2.34. The summed E-state index contributed by atoms with van der Waals surface area (Å²) in [6.45, 7) is 5.41. The second kappa shape index (κ2) is 10.6. The Morgan fingerprint density at radius 1 is 1.09 bits per heavy atom. The average molecular weight is 532 g/mol. The van der Waals surface area contributed by atoms with Crippen molar-refractivity contribution in [2.24, 2.45) is 0 Å². The average Bonchev–Trinajstić information content (AvgIpc) is 2.81. The highest BCUT2D eigenvalue weighted by Gasteiger charge is 2.46. The van der Waals surface area contributed by atoms with Crippen LogP contribution >= 0.6 is 18.5 Å². The molecule has 0 aliphatic carbocycles. The Bertz CT molecular complexity index is 1080. The highest BCUT2D eigenvalue weighted by Crippen LogP contribution is 2.48. The van der Waals surface area contributed by atoms with E-state index in [1.165, 1.54) is 28.3 Å². The second-order valence-electron chi connectivity index (χ2n) is 8.74. The van der Waals surface area contributed by atoms with Gasteiger partial charge in [-0.15, -0.1) is 9.24 Å². The minimum Gasteiger partial charge on any atom is -0.434 e. The fourth-order valence-electron chi connectivity index (χ4n) is 4.50. The van der Waals surface area contributed by atoms with Crippen LogP contribution in [-0.2, 0) is 16.1 Å². The van der Waals surface area contributed by atoms with Crippen LogP contribution in [0.25, 0.3) is 11.4 Å². The molecule has 0 aromatic carbocycles. The third kappa shape index (κ3) is 5.59. The monoisotopic (exact) mass is 532 g/mol. The maximum absolute atomic E-state index is 15.0. The van der Waals surface area contributed by atoms with Crippen molar-refractivity contribution in [3.8, 4) is 11.4 Å². The molecular formula is C23H30F4N4O2P2. The molecule has 6 nitrogen and oxygen atoms in total. The zero-order valence-corrected chi connectivity index (χ0v) is 22.2. The molecule has 3 atom stereocenters. The van der Waals surface area contributed by atoms with Crippen molar-refractivity contribution < 1.29 is 27.1 Å². The van der Waals surface area contributed by atoms with Gasteiger partial charge >= 0.3 is 6.09 Å². The van der Waals surface area contributed by atoms with Gasteiger partial charge in [-0.1, -0.05) is 42.9 Å². The molecule has 0 saturated carbocycles. The number of halogens is 4. The van der Waals surface area contributed by atoms with Crippen molar-refractivity contribution in [2.45, 2.75) is 76.0 Å². The van der Waals surface area contributed by atoms with E-state index in [0.29, 0.717) is 24.7 Å². The van der Waals surface area contributed by atoms with Gasteiger partial charge in [-0.3, -0.25) is 10.3 Å². The molecule has 1 amide bonds. The van der Waals surface area contributed by atoms with Gasteiger partial charge in [-0.25, -0.2) is 23.5 Å². The third-order valence-corrected chi connectivity index (χ3v) is 7.35. The standard InChI is InChI=1S/C23H30F4N4O2P2/c1-4-7-21(11-34,8-5-2)15-10-13(22(24,25)6-3)9-14(30-15)17-16-18(23(26,27)35)33-20(32)31-19(16)29-12-28-17/h9-10,12,18H,4-8,11,34-35H2,1-3H3,(H,28,29,31,32)/t18-/m1/s1. The molecule has 0 spiro atoms. The summed E-state index contributed by atoms with van der Waals surface area (Å²) >= 11 is 0. The first-order valence-electron chi connectivity index (χ1n) is 11.5. The Labute approximate surface area is 206 Å². The Kier molecular flexibility index (Phi) is 8.37. The van der Waals surface area contributed by atoms with Crippen molar-refractivity contribution >= 4 is 30.4 Å². The molecule has 2 aromatic rings. The number of cyclic esters (lactones) is 1. The minimum atomic E-state index is -3.56. The van der Waals surface area contributed by atoms with Crippen molar-refractivity contribution in [1.29, 1.82) is 0 Å². The molecule has 192 valence electrons. The summed E-state index contributed by atoms with van der Waals surface area (Å²) in [4.78, 5) is 24.6. The molecule has 0 fully saturated rings. The molecule has 0 bridgehead atoms. The number of hydrogen-bond acceptors (Lipinski definition) is 5. The first kappa shape index (κ1) is 27.7. The third-order valence-electron chi connectivity index (χ3n) is 6.27. The van der Waals surface area contributed by atoms with Crippen LogP contribution in [0.2, 0.25) is 0 Å². The van der Waals surface area contributed by atoms with Crippen molar-refractivity contribution in [3.63, 3.8) is 0 Å². The number of fused-ring (bicyclic) bond motifs is 1. The Hall–Kier alpha value is -1.92. The molecule has 35 heavy (non-hydrogen) atoms. The fraction of sp³-hybridized carbons (Fsp3) is 0.565. The van der Waals surface area contributed by atoms with Crippen LogP contribution in [0.5, 0.6) is 0 Å². The molecule has 3 heterocycles. The molecule has 1 aliphatic heterocycles. The van der Waals surface area contributed by atoms with Crippen LogP contribution in [0.1, 0.15) is 75.8 Å². The summed E-state index contributed by atoms with van der Waals surface area (Å²) in [6, 6.07) is 2.60. The highest BCUT2D eigenvalue weighted by atomic mass is 31.0. The van der Waals surface area contributed by atoms with E-state index in [1.54, 1.807) is 0 Å². The Balaban J connectivity index is 2.34. The zero-order valence-electron chi connectivity index (χ0n) is 19.9. The van der Waals surface area contributed by atoms with Gasteiger partial charge in [0.1, 0.15) is 17.8 Å². The maximum Gasteiger partial charge on any atom is 0.413 e. The molecule has 1 aliphatic rings. The first-order valence-corrected chi connectivity index (χ1v) is 12.9. The lowest BCUT2D eigenvalue weighted by Gasteiger charge is -2.34. The number of nitrogens with zero attached hydrogens (tertiary/aromatic N) is 3. The number of aromatic nitrogens is 3. The van der Waals surface area contributed by atoms with Gasteiger partial charge < -0.3 is 4.74 Å². The van der Waals surface area contributed by atoms with Crippen LogP contribution in [0.3, 0.4) is 0 Å². The molecule has 0 saturated heterocycles. The van der Waals surface area contributed by atoms with Gasteiger partial charge in [0.15, 0.2) is 0 Å². The number of rotatable bonds is 10. The molecule has 2 unspecified atom stereocenters. The molecule has 1 N–H and O–H groups in total. The SMILES string of the molecule is CCCC(CP)(CCC)c1cc(C(F)(F)CC)cc(-c2ncnc3c2[C@H](C(F)(F)P)OC(=O)N3)n1. The number of anilines is 1. The van der Waals surface area contributed by atoms with E-state index in [0.717, 1.165) is 19.2 Å². The summed E-state index contributed by atoms with van der Waals surface area (Å²) in [7, 11) is 4.04. The summed E-state index contributed by atoms with van der Waals surface area (Å²) in [6.07, 6.45) is 1.14. The molecule has 3 rings (SSSR count). The number of pyridine rings is 1. The van der Waals surface area contributed by atoms with Crippen LogP contribution in [0.4, 0.5) is 28.2 Å². The van der Waals surface area contributed by atoms with Crippen molar-refractivity contribution in [1.82, 2.24) is 15.0 Å². The highest BCUT2D eigenvalue weighted by molar-refractivity contribution is 7.18. The van der Waals surface area contributed by atoms with E-state index in [-0.39, 0.29) is 28.3 Å². The Morgan fingerprint density at radius 3 is 2.29 bits per heavy atom. The first-order chi connectivity index (χ1) is 16.4. The molecular weight excluding hydrogens is 502 g/mol. The van der Waals surface area contributed by atoms with Crippen molar-refractivity contribution in [3.05, 3.63) is 35.3 Å². The molecule has 0 radical (unpaired) electrons. The van der Waals surface area contributed by atoms with E-state index in [4.69, 9.17) is 9.72 Å². The lowest BCUT2D eigenvalue weighted by atomic mass is 9.77. The quantitative estimate of drug-likeness (QED) is 0.268. The van der Waals surface area contributed by atoms with Crippen LogP contribution in [0, 0.1) is 0 Å². The van der Waals surface area contributed by atoms with E-state index in [9.17, 15) is 13.6 Å². The Morgan fingerprint density at radius 2 is 1.74 bits per heavy atom. The van der Waals surface area contributed by atoms with E-state index >= 15 is 8.78 Å². The van der Waals surface area contributed by atoms with Gasteiger partial charge in [0.25, 0.3) is 11.6 Å². The van der Waals surface area contributed by atoms with Gasteiger partial charge in [-0.05, 0) is 31.1 Å². The van der Waals surface area contributed by atoms with Gasteiger partial charge in [0.05, 0.1) is 11.3 Å². The number of ether oxygens (including phenoxy) is 1. The second-order valence-corrected chi connectivity index (χ2v) is 9.92. The predicted molar refractivity (Wildman–Crippen MR) is 133 cm³/mol. The summed E-state index contributed by atoms with van der Waals surface area (Å²) < 4.78 is 63.8. The predicted octanol–water partition coefficient (Wildman–Crippen LogP) is 6.82. The van der Waals surface area contributed by atoms with Gasteiger partial charge in [0, 0.05) is 23.1 Å². The van der Waals surface area contributed by atoms with Crippen LogP contribution in [-0.4, -0.2) is 32.9 Å². The summed E-state index contributed by atoms with van der Waals surface area (Å²) in [5, 5.41) is 2.29. The van der Waals surface area contributed by atoms with E-state index in [1.807, 2.05) is 13.8 Å². The maximum atomic E-state index is 15.0. The van der Waals surface area contributed by atoms with E-state index in [2.05, 4.69) is 24.5 Å². The number of alkyl halides is 4. The molecule has 2 aromatic heterocycles. The van der Waals surface area contributed by atoms with Crippen LogP contribution < -0.4 is 5.32 Å². The minimum absolute atomic E-state index is 0.00157. The van der Waals surface area contributed by atoms with Crippen molar-refractivity contribution in [2.75, 3.05) is 11.5 Å². The van der Waals surface area contributed by atoms with Gasteiger partial charge in [0.2, 0.25) is 6.10 Å². The number of nitrogens with one attached hydrogen (secondary N) is 1. The lowest BCUT2D eigenvalue weighted by molar-refractivity contribution is -0.0442. The van der Waals surface area contributed by atoms with E-state index < -0.39 is 35.6 Å². The largest absolute Gasteiger partial charge is 0.434 e. The fourth-order valence-corrected chi connectivity index (χ4v) is 5.35. The number of amides is 1. The molecule has 12 heteroatoms.